The number of nitrogens with two attached hydrogens (primary N) is 1. The molecule has 0 unspecified atom stereocenters. The van der Waals surface area contributed by atoms with E-state index in [1.54, 1.807) is 19.2 Å². The van der Waals surface area contributed by atoms with Crippen LogP contribution in [0, 0.1) is 0 Å². The number of rotatable bonds is 3. The fraction of sp³-hybridized carbons (Fsp3) is 0.467. The lowest BCUT2D eigenvalue weighted by atomic mass is 10.2. The number of hydrogen-bond donors (Lipinski definition) is 1. The molecule has 118 valence electrons. The normalized spacial score (nSPS) is 19.5. The van der Waals surface area contributed by atoms with Crippen molar-refractivity contribution in [1.82, 2.24) is 14.7 Å². The molecular formula is C15H20N4O3. The molecule has 1 fully saturated rings. The summed E-state index contributed by atoms with van der Waals surface area (Å²) in [6.07, 6.45) is 0. The first-order chi connectivity index (χ1) is 10.7. The van der Waals surface area contributed by atoms with Crippen molar-refractivity contribution in [2.24, 2.45) is 0 Å². The van der Waals surface area contributed by atoms with Crippen molar-refractivity contribution in [1.29, 1.82) is 0 Å². The average molecular weight is 304 g/mol. The number of likely N-dealkylation sites (N-methyl/N-ethyl adjacent to an activating group) is 1. The van der Waals surface area contributed by atoms with Crippen LogP contribution in [0.15, 0.2) is 18.2 Å². The van der Waals surface area contributed by atoms with Crippen molar-refractivity contribution < 1.29 is 14.3 Å². The van der Waals surface area contributed by atoms with Crippen molar-refractivity contribution in [2.45, 2.75) is 13.0 Å². The Morgan fingerprint density at radius 3 is 3.09 bits per heavy atom. The summed E-state index contributed by atoms with van der Waals surface area (Å²) in [6.45, 7) is 4.56. The van der Waals surface area contributed by atoms with E-state index in [9.17, 15) is 4.79 Å². The van der Waals surface area contributed by atoms with E-state index in [0.29, 0.717) is 30.3 Å². The molecule has 0 amide bonds. The molecule has 0 radical (unpaired) electrons. The van der Waals surface area contributed by atoms with Gasteiger partial charge in [-0.2, -0.15) is 9.78 Å². The maximum absolute atomic E-state index is 12.8. The molecule has 2 aromatic rings. The zero-order valence-electron chi connectivity index (χ0n) is 12.8. The fourth-order valence-electron chi connectivity index (χ4n) is 2.77. The zero-order valence-corrected chi connectivity index (χ0v) is 12.8. The molecule has 7 nitrogen and oxygen atoms in total. The second kappa shape index (κ2) is 5.94. The monoisotopic (exact) mass is 304 g/mol. The smallest absolute Gasteiger partial charge is 0.268 e. The number of nitrogen functional groups attached to an aromatic ring is 1. The Morgan fingerprint density at radius 2 is 2.36 bits per heavy atom. The summed E-state index contributed by atoms with van der Waals surface area (Å²) < 4.78 is 11.9. The highest BCUT2D eigenvalue weighted by atomic mass is 16.5. The van der Waals surface area contributed by atoms with Gasteiger partial charge in [0, 0.05) is 18.0 Å². The van der Waals surface area contributed by atoms with Crippen LogP contribution in [-0.4, -0.2) is 60.0 Å². The molecule has 1 aliphatic rings. The molecule has 0 saturated carbocycles. The third-order valence-electron chi connectivity index (χ3n) is 4.06. The van der Waals surface area contributed by atoms with Crippen LogP contribution in [0.2, 0.25) is 0 Å². The molecule has 0 spiro atoms. The Bertz CT molecular complexity index is 697. The van der Waals surface area contributed by atoms with Gasteiger partial charge in [0.15, 0.2) is 0 Å². The lowest BCUT2D eigenvalue weighted by Crippen LogP contribution is -2.51. The zero-order chi connectivity index (χ0) is 15.7. The maximum Gasteiger partial charge on any atom is 0.268 e. The SMILES string of the molecule is CCN1CCOC[C@@H]1C(=O)n1nc2cc(OC)ccc2c1N. The summed E-state index contributed by atoms with van der Waals surface area (Å²) in [7, 11) is 1.59. The van der Waals surface area contributed by atoms with Gasteiger partial charge in [-0.3, -0.25) is 9.69 Å². The molecule has 0 aliphatic carbocycles. The van der Waals surface area contributed by atoms with Crippen LogP contribution in [0.4, 0.5) is 5.82 Å². The van der Waals surface area contributed by atoms with E-state index in [0.717, 1.165) is 18.5 Å². The van der Waals surface area contributed by atoms with E-state index >= 15 is 0 Å². The number of benzene rings is 1. The molecule has 1 aromatic heterocycles. The molecule has 1 aromatic carbocycles. The van der Waals surface area contributed by atoms with Gasteiger partial charge in [-0.1, -0.05) is 6.92 Å². The number of methoxy groups -OCH3 is 1. The van der Waals surface area contributed by atoms with Crippen LogP contribution in [0.25, 0.3) is 10.9 Å². The number of morpholine rings is 1. The number of anilines is 1. The van der Waals surface area contributed by atoms with Gasteiger partial charge in [0.1, 0.15) is 17.6 Å². The minimum Gasteiger partial charge on any atom is -0.497 e. The van der Waals surface area contributed by atoms with E-state index in [1.165, 1.54) is 4.68 Å². The highest BCUT2D eigenvalue weighted by Crippen LogP contribution is 2.25. The Balaban J connectivity index is 1.98. The number of ether oxygens (including phenoxy) is 2. The number of nitrogens with zero attached hydrogens (tertiary/aromatic N) is 3. The Morgan fingerprint density at radius 1 is 1.55 bits per heavy atom. The van der Waals surface area contributed by atoms with Crippen molar-refractivity contribution in [3.05, 3.63) is 18.2 Å². The van der Waals surface area contributed by atoms with Crippen molar-refractivity contribution in [3.8, 4) is 5.75 Å². The summed E-state index contributed by atoms with van der Waals surface area (Å²) in [4.78, 5) is 14.9. The third kappa shape index (κ3) is 2.42. The van der Waals surface area contributed by atoms with Crippen LogP contribution in [-0.2, 0) is 4.74 Å². The Kier molecular flexibility index (Phi) is 4.00. The second-order valence-corrected chi connectivity index (χ2v) is 5.24. The molecule has 2 N–H and O–H groups in total. The molecule has 7 heteroatoms. The molecule has 1 saturated heterocycles. The first kappa shape index (κ1) is 14.8. The van der Waals surface area contributed by atoms with E-state index in [1.807, 2.05) is 13.0 Å². The van der Waals surface area contributed by atoms with Gasteiger partial charge in [0.2, 0.25) is 0 Å². The van der Waals surface area contributed by atoms with E-state index in [2.05, 4.69) is 10.00 Å². The topological polar surface area (TPSA) is 82.6 Å². The minimum absolute atomic E-state index is 0.158. The van der Waals surface area contributed by atoms with Crippen LogP contribution in [0.1, 0.15) is 11.7 Å². The highest BCUT2D eigenvalue weighted by Gasteiger charge is 2.31. The Hall–Kier alpha value is -2.12. The molecule has 1 aliphatic heterocycles. The van der Waals surface area contributed by atoms with Gasteiger partial charge in [0.25, 0.3) is 5.91 Å². The van der Waals surface area contributed by atoms with Gasteiger partial charge < -0.3 is 15.2 Å². The van der Waals surface area contributed by atoms with Crippen LogP contribution in [0.5, 0.6) is 5.75 Å². The fourth-order valence-corrected chi connectivity index (χ4v) is 2.77. The van der Waals surface area contributed by atoms with E-state index in [4.69, 9.17) is 15.2 Å². The molecular weight excluding hydrogens is 284 g/mol. The first-order valence-corrected chi connectivity index (χ1v) is 7.34. The van der Waals surface area contributed by atoms with Gasteiger partial charge in [-0.15, -0.1) is 0 Å². The summed E-state index contributed by atoms with van der Waals surface area (Å²) in [5, 5.41) is 5.09. The van der Waals surface area contributed by atoms with E-state index in [-0.39, 0.29) is 11.9 Å². The minimum atomic E-state index is -0.350. The molecule has 0 bridgehead atoms. The molecule has 3 rings (SSSR count). The van der Waals surface area contributed by atoms with Crippen LogP contribution < -0.4 is 10.5 Å². The molecule has 2 heterocycles. The van der Waals surface area contributed by atoms with Crippen LogP contribution in [0.3, 0.4) is 0 Å². The van der Waals surface area contributed by atoms with Crippen molar-refractivity contribution in [3.63, 3.8) is 0 Å². The summed E-state index contributed by atoms with van der Waals surface area (Å²) in [5.74, 6) is 0.874. The lowest BCUT2D eigenvalue weighted by molar-refractivity contribution is -0.00340. The van der Waals surface area contributed by atoms with Gasteiger partial charge in [-0.05, 0) is 18.7 Å². The predicted molar refractivity (Wildman–Crippen MR) is 83.2 cm³/mol. The Labute approximate surface area is 128 Å². The quantitative estimate of drug-likeness (QED) is 0.910. The first-order valence-electron chi connectivity index (χ1n) is 7.34. The van der Waals surface area contributed by atoms with Gasteiger partial charge in [-0.25, -0.2) is 0 Å². The average Bonchev–Trinajstić information content (AvgIpc) is 2.90. The highest BCUT2D eigenvalue weighted by molar-refractivity contribution is 5.97. The predicted octanol–water partition coefficient (Wildman–Crippen LogP) is 0.988. The maximum atomic E-state index is 12.8. The number of carbonyl (C=O) groups is 1. The third-order valence-corrected chi connectivity index (χ3v) is 4.06. The van der Waals surface area contributed by atoms with Crippen LogP contribution >= 0.6 is 0 Å². The van der Waals surface area contributed by atoms with Crippen molar-refractivity contribution >= 4 is 22.6 Å². The molecule has 1 atom stereocenters. The largest absolute Gasteiger partial charge is 0.497 e. The lowest BCUT2D eigenvalue weighted by Gasteiger charge is -2.33. The van der Waals surface area contributed by atoms with Crippen molar-refractivity contribution in [2.75, 3.05) is 39.1 Å². The summed E-state index contributed by atoms with van der Waals surface area (Å²) in [6, 6.07) is 5.04. The van der Waals surface area contributed by atoms with Gasteiger partial charge >= 0.3 is 0 Å². The second-order valence-electron chi connectivity index (χ2n) is 5.24. The standard InChI is InChI=1S/C15H20N4O3/c1-3-18-6-7-22-9-13(18)15(20)19-14(16)11-5-4-10(21-2)8-12(11)17-19/h4-5,8,13H,3,6-7,9,16H2,1-2H3/t13-/m1/s1. The summed E-state index contributed by atoms with van der Waals surface area (Å²) >= 11 is 0. The number of carbonyl (C=O) groups excluding carboxylic acids is 1. The van der Waals surface area contributed by atoms with E-state index < -0.39 is 0 Å². The number of aromatic nitrogens is 2. The van der Waals surface area contributed by atoms with Gasteiger partial charge in [0.05, 0.1) is 25.8 Å². The molecule has 22 heavy (non-hydrogen) atoms. The summed E-state index contributed by atoms with van der Waals surface area (Å²) in [5.41, 5.74) is 6.75. The number of fused-ring (bicyclic) bond motifs is 1. The number of hydrogen-bond acceptors (Lipinski definition) is 6.